The van der Waals surface area contributed by atoms with Gasteiger partial charge >= 0.3 is 0 Å². The molecule has 8 heteroatoms. The minimum Gasteiger partial charge on any atom is -0.497 e. The lowest BCUT2D eigenvalue weighted by Crippen LogP contribution is -2.22. The first-order valence-electron chi connectivity index (χ1n) is 6.98. The second kappa shape index (κ2) is 8.34. The lowest BCUT2D eigenvalue weighted by molar-refractivity contribution is 0.415. The number of hydrogen-bond acceptors (Lipinski definition) is 3. The maximum Gasteiger partial charge on any atom is 0.193 e. The molecule has 0 radical (unpaired) electrons. The molecule has 0 spiro atoms. The highest BCUT2D eigenvalue weighted by molar-refractivity contribution is 14.0. The molecule has 0 fully saturated rings. The Labute approximate surface area is 165 Å². The van der Waals surface area contributed by atoms with Crippen LogP contribution in [0.4, 0.5) is 5.69 Å². The highest BCUT2D eigenvalue weighted by atomic mass is 127. The summed E-state index contributed by atoms with van der Waals surface area (Å²) < 4.78 is 8.11. The van der Waals surface area contributed by atoms with Gasteiger partial charge in [-0.3, -0.25) is 0 Å². The first kappa shape index (κ1) is 18.5. The average Bonchev–Trinajstić information content (AvgIpc) is 2.95. The Morgan fingerprint density at radius 3 is 2.96 bits per heavy atom. The zero-order valence-electron chi connectivity index (χ0n) is 12.9. The van der Waals surface area contributed by atoms with Crippen LogP contribution in [0, 0.1) is 0 Å². The number of anilines is 1. The van der Waals surface area contributed by atoms with E-state index in [1.54, 1.807) is 7.11 Å². The fourth-order valence-electron chi connectivity index (χ4n) is 2.15. The van der Waals surface area contributed by atoms with Crippen molar-refractivity contribution in [2.75, 3.05) is 12.4 Å². The van der Waals surface area contributed by atoms with Gasteiger partial charge in [0, 0.05) is 28.6 Å². The summed E-state index contributed by atoms with van der Waals surface area (Å²) in [5.41, 5.74) is 8.46. The standard InChI is InChI=1S/C16H16BrN5O.HI/c1-23-14-4-2-3-12(7-14)21-16(18)19-8-13-10-22-9-11(17)5-6-15(22)20-13;/h2-7,9-10H,8H2,1H3,(H3,18,19,21);1H. The third-order valence-electron chi connectivity index (χ3n) is 3.22. The van der Waals surface area contributed by atoms with Crippen molar-refractivity contribution in [2.45, 2.75) is 6.54 Å². The highest BCUT2D eigenvalue weighted by Crippen LogP contribution is 2.16. The molecule has 0 saturated carbocycles. The molecule has 1 aromatic carbocycles. The number of halogens is 2. The molecule has 24 heavy (non-hydrogen) atoms. The molecule has 3 aromatic rings. The number of aromatic nitrogens is 2. The van der Waals surface area contributed by atoms with Crippen molar-refractivity contribution >= 4 is 57.2 Å². The van der Waals surface area contributed by atoms with Gasteiger partial charge in [-0.1, -0.05) is 6.07 Å². The molecule has 0 unspecified atom stereocenters. The Morgan fingerprint density at radius 1 is 1.33 bits per heavy atom. The molecule has 3 N–H and O–H groups in total. The number of imidazole rings is 1. The van der Waals surface area contributed by atoms with Crippen LogP contribution in [0.5, 0.6) is 5.75 Å². The maximum absolute atomic E-state index is 5.92. The van der Waals surface area contributed by atoms with Crippen molar-refractivity contribution in [3.05, 3.63) is 59.0 Å². The number of ether oxygens (including phenoxy) is 1. The zero-order valence-corrected chi connectivity index (χ0v) is 16.9. The summed E-state index contributed by atoms with van der Waals surface area (Å²) in [5, 5.41) is 3.04. The molecule has 0 aliphatic rings. The van der Waals surface area contributed by atoms with Crippen LogP contribution in [-0.2, 0) is 6.54 Å². The molecule has 3 rings (SSSR count). The summed E-state index contributed by atoms with van der Waals surface area (Å²) in [6.45, 7) is 0.405. The summed E-state index contributed by atoms with van der Waals surface area (Å²) in [6, 6.07) is 11.4. The second-order valence-corrected chi connectivity index (χ2v) is 5.82. The van der Waals surface area contributed by atoms with E-state index < -0.39 is 0 Å². The Hall–Kier alpha value is -1.81. The van der Waals surface area contributed by atoms with Crippen LogP contribution in [0.2, 0.25) is 0 Å². The quantitative estimate of drug-likeness (QED) is 0.325. The van der Waals surface area contributed by atoms with E-state index in [-0.39, 0.29) is 24.0 Å². The monoisotopic (exact) mass is 501 g/mol. The fraction of sp³-hybridized carbons (Fsp3) is 0.125. The van der Waals surface area contributed by atoms with E-state index in [1.807, 2.05) is 53.2 Å². The van der Waals surface area contributed by atoms with Crippen LogP contribution >= 0.6 is 39.9 Å². The number of nitrogens with zero attached hydrogens (tertiary/aromatic N) is 3. The van der Waals surface area contributed by atoms with Gasteiger partial charge in [0.1, 0.15) is 11.4 Å². The third-order valence-corrected chi connectivity index (χ3v) is 3.69. The number of nitrogens with one attached hydrogen (secondary N) is 1. The van der Waals surface area contributed by atoms with Crippen molar-refractivity contribution < 1.29 is 4.74 Å². The Bertz CT molecular complexity index is 865. The second-order valence-electron chi connectivity index (χ2n) is 4.90. The van der Waals surface area contributed by atoms with Crippen molar-refractivity contribution in [3.63, 3.8) is 0 Å². The van der Waals surface area contributed by atoms with Gasteiger partial charge in [0.15, 0.2) is 5.96 Å². The summed E-state index contributed by atoms with van der Waals surface area (Å²) in [6.07, 6.45) is 3.88. The van der Waals surface area contributed by atoms with Crippen LogP contribution in [0.1, 0.15) is 5.69 Å². The molecule has 0 atom stereocenters. The number of hydrogen-bond donors (Lipinski definition) is 2. The van der Waals surface area contributed by atoms with Crippen molar-refractivity contribution in [1.82, 2.24) is 9.38 Å². The van der Waals surface area contributed by atoms with E-state index in [2.05, 4.69) is 31.2 Å². The molecule has 0 bridgehead atoms. The van der Waals surface area contributed by atoms with Gasteiger partial charge in [0.25, 0.3) is 0 Å². The summed E-state index contributed by atoms with van der Waals surface area (Å²) in [7, 11) is 1.62. The first-order chi connectivity index (χ1) is 11.1. The van der Waals surface area contributed by atoms with Crippen molar-refractivity contribution in [3.8, 4) is 5.75 Å². The molecule has 0 amide bonds. The van der Waals surface area contributed by atoms with Gasteiger partial charge in [-0.25, -0.2) is 9.98 Å². The van der Waals surface area contributed by atoms with Gasteiger partial charge in [-0.05, 0) is 40.2 Å². The fourth-order valence-corrected chi connectivity index (χ4v) is 2.50. The Balaban J connectivity index is 0.00000208. The van der Waals surface area contributed by atoms with Crippen LogP contribution in [-0.4, -0.2) is 22.5 Å². The molecule has 6 nitrogen and oxygen atoms in total. The number of methoxy groups -OCH3 is 1. The third kappa shape index (κ3) is 4.60. The number of aliphatic imine (C=N–C) groups is 1. The molecule has 2 aromatic heterocycles. The van der Waals surface area contributed by atoms with E-state index in [1.165, 1.54) is 0 Å². The number of benzene rings is 1. The predicted octanol–water partition coefficient (Wildman–Crippen LogP) is 3.65. The predicted molar refractivity (Wildman–Crippen MR) is 110 cm³/mol. The topological polar surface area (TPSA) is 76.9 Å². The maximum atomic E-state index is 5.92. The van der Waals surface area contributed by atoms with Gasteiger partial charge in [-0.15, -0.1) is 24.0 Å². The normalized spacial score (nSPS) is 11.2. The molecule has 0 saturated heterocycles. The molecular formula is C16H17BrIN5O. The largest absolute Gasteiger partial charge is 0.497 e. The van der Waals surface area contributed by atoms with Gasteiger partial charge < -0.3 is 20.2 Å². The van der Waals surface area contributed by atoms with Crippen LogP contribution in [0.3, 0.4) is 0 Å². The smallest absolute Gasteiger partial charge is 0.193 e. The summed E-state index contributed by atoms with van der Waals surface area (Å²) in [4.78, 5) is 8.81. The SMILES string of the molecule is COc1cccc(NC(N)=NCc2cn3cc(Br)ccc3n2)c1.I. The minimum atomic E-state index is 0. The van der Waals surface area contributed by atoms with Gasteiger partial charge in [0.2, 0.25) is 0 Å². The van der Waals surface area contributed by atoms with Crippen LogP contribution < -0.4 is 15.8 Å². The van der Waals surface area contributed by atoms with E-state index >= 15 is 0 Å². The summed E-state index contributed by atoms with van der Waals surface area (Å²) in [5.74, 6) is 1.09. The first-order valence-corrected chi connectivity index (χ1v) is 7.77. The number of nitrogens with two attached hydrogens (primary N) is 1. The minimum absolute atomic E-state index is 0. The lowest BCUT2D eigenvalue weighted by atomic mass is 10.3. The average molecular weight is 502 g/mol. The Morgan fingerprint density at radius 2 is 2.17 bits per heavy atom. The molecule has 0 aliphatic heterocycles. The molecule has 126 valence electrons. The molecular weight excluding hydrogens is 485 g/mol. The van der Waals surface area contributed by atoms with Crippen molar-refractivity contribution in [2.24, 2.45) is 10.7 Å². The molecule has 0 aliphatic carbocycles. The number of guanidine groups is 1. The zero-order chi connectivity index (χ0) is 16.2. The van der Waals surface area contributed by atoms with Crippen molar-refractivity contribution in [1.29, 1.82) is 0 Å². The van der Waals surface area contributed by atoms with E-state index in [0.29, 0.717) is 12.5 Å². The Kier molecular flexibility index (Phi) is 6.44. The van der Waals surface area contributed by atoms with E-state index in [9.17, 15) is 0 Å². The number of fused-ring (bicyclic) bond motifs is 1. The van der Waals surface area contributed by atoms with Crippen LogP contribution in [0.15, 0.2) is 58.3 Å². The lowest BCUT2D eigenvalue weighted by Gasteiger charge is -2.06. The van der Waals surface area contributed by atoms with E-state index in [0.717, 1.165) is 27.3 Å². The molecule has 2 heterocycles. The van der Waals surface area contributed by atoms with Gasteiger partial charge in [0.05, 0.1) is 19.3 Å². The number of rotatable bonds is 4. The number of pyridine rings is 1. The van der Waals surface area contributed by atoms with E-state index in [4.69, 9.17) is 10.5 Å². The highest BCUT2D eigenvalue weighted by Gasteiger charge is 2.02. The summed E-state index contributed by atoms with van der Waals surface area (Å²) >= 11 is 3.44. The van der Waals surface area contributed by atoms with Crippen LogP contribution in [0.25, 0.3) is 5.65 Å². The van der Waals surface area contributed by atoms with Gasteiger partial charge in [-0.2, -0.15) is 0 Å².